The highest BCUT2D eigenvalue weighted by Gasteiger charge is 2.17. The Hall–Kier alpha value is -3.88. The van der Waals surface area contributed by atoms with Crippen molar-refractivity contribution in [1.82, 2.24) is 25.0 Å². The van der Waals surface area contributed by atoms with E-state index in [-0.39, 0.29) is 11.9 Å². The van der Waals surface area contributed by atoms with Gasteiger partial charge in [0, 0.05) is 31.9 Å². The number of nitrogens with one attached hydrogen (secondary N) is 2. The van der Waals surface area contributed by atoms with Gasteiger partial charge in [0.25, 0.3) is 0 Å². The first-order valence-electron chi connectivity index (χ1n) is 10.1. The third-order valence-electron chi connectivity index (χ3n) is 5.00. The average Bonchev–Trinajstić information content (AvgIpc) is 3.21. The minimum absolute atomic E-state index is 0.0147. The van der Waals surface area contributed by atoms with Crippen LogP contribution in [0.3, 0.4) is 0 Å². The lowest BCUT2D eigenvalue weighted by Gasteiger charge is -2.27. The molecule has 1 saturated heterocycles. The molecule has 3 amide bonds. The maximum Gasteiger partial charge on any atom is 0.321 e. The quantitative estimate of drug-likeness (QED) is 0.637. The van der Waals surface area contributed by atoms with Crippen molar-refractivity contribution < 1.29 is 9.59 Å². The summed E-state index contributed by atoms with van der Waals surface area (Å²) >= 11 is 0. The lowest BCUT2D eigenvalue weighted by molar-refractivity contribution is -0.120. The molecule has 2 aromatic heterocycles. The first-order valence-corrected chi connectivity index (χ1v) is 10.1. The predicted octanol–water partition coefficient (Wildman–Crippen LogP) is 1.93. The fourth-order valence-corrected chi connectivity index (χ4v) is 3.39. The van der Waals surface area contributed by atoms with Crippen molar-refractivity contribution in [2.24, 2.45) is 0 Å². The van der Waals surface area contributed by atoms with Crippen molar-refractivity contribution in [2.45, 2.75) is 13.1 Å². The molecule has 3 aromatic rings. The third-order valence-corrected chi connectivity index (χ3v) is 5.00. The Balaban J connectivity index is 1.30. The molecule has 0 radical (unpaired) electrons. The predicted molar refractivity (Wildman–Crippen MR) is 118 cm³/mol. The van der Waals surface area contributed by atoms with Gasteiger partial charge in [-0.05, 0) is 17.7 Å². The van der Waals surface area contributed by atoms with Crippen molar-refractivity contribution in [3.63, 3.8) is 0 Å². The minimum atomic E-state index is -0.234. The maximum atomic E-state index is 12.5. The number of hydrogen-bond donors (Lipinski definition) is 2. The Labute approximate surface area is 180 Å². The molecule has 2 N–H and O–H groups in total. The number of hydrogen-bond acceptors (Lipinski definition) is 5. The summed E-state index contributed by atoms with van der Waals surface area (Å²) in [5, 5.41) is 10.0. The molecule has 0 bridgehead atoms. The third kappa shape index (κ3) is 5.39. The summed E-state index contributed by atoms with van der Waals surface area (Å²) in [6.45, 7) is 2.73. The standard InChI is InChI=1S/C22H25N7O2/c1-27(13-18-11-25-29(15-18)14-17-5-3-2-4-6-17)22(31)26-19-7-8-20(24-12-19)28-10-9-23-21(30)16-28/h2-8,11-12,15H,9-10,13-14,16H2,1H3,(H,23,30)(H,26,31). The van der Waals surface area contributed by atoms with Crippen molar-refractivity contribution >= 4 is 23.4 Å². The molecule has 0 unspecified atom stereocenters. The highest BCUT2D eigenvalue weighted by atomic mass is 16.2. The number of carbonyl (C=O) groups is 2. The molecule has 1 fully saturated rings. The number of aromatic nitrogens is 3. The SMILES string of the molecule is CN(Cc1cnn(Cc2ccccc2)c1)C(=O)Nc1ccc(N2CCNC(=O)C2)nc1. The first-order chi connectivity index (χ1) is 15.1. The lowest BCUT2D eigenvalue weighted by atomic mass is 10.2. The normalized spacial score (nSPS) is 13.6. The summed E-state index contributed by atoms with van der Waals surface area (Å²) in [4.78, 5) is 31.9. The Bertz CT molecular complexity index is 1030. The second kappa shape index (κ2) is 9.29. The van der Waals surface area contributed by atoms with E-state index >= 15 is 0 Å². The molecule has 160 valence electrons. The molecule has 4 rings (SSSR count). The van der Waals surface area contributed by atoms with Gasteiger partial charge in [-0.25, -0.2) is 9.78 Å². The number of pyridine rings is 1. The van der Waals surface area contributed by atoms with Crippen LogP contribution in [0.15, 0.2) is 61.1 Å². The van der Waals surface area contributed by atoms with Gasteiger partial charge in [-0.1, -0.05) is 30.3 Å². The zero-order valence-electron chi connectivity index (χ0n) is 17.4. The second-order valence-electron chi connectivity index (χ2n) is 7.49. The van der Waals surface area contributed by atoms with Crippen molar-refractivity contribution in [3.8, 4) is 0 Å². The molecule has 3 heterocycles. The van der Waals surface area contributed by atoms with Gasteiger partial charge in [0.05, 0.1) is 37.7 Å². The second-order valence-corrected chi connectivity index (χ2v) is 7.49. The highest BCUT2D eigenvalue weighted by molar-refractivity contribution is 5.89. The highest BCUT2D eigenvalue weighted by Crippen LogP contribution is 2.15. The summed E-state index contributed by atoms with van der Waals surface area (Å²) in [5.74, 6) is 0.700. The molecule has 0 saturated carbocycles. The summed E-state index contributed by atoms with van der Waals surface area (Å²) in [7, 11) is 1.73. The largest absolute Gasteiger partial charge is 0.353 e. The van der Waals surface area contributed by atoms with E-state index in [9.17, 15) is 9.59 Å². The monoisotopic (exact) mass is 419 g/mol. The van der Waals surface area contributed by atoms with E-state index in [4.69, 9.17) is 0 Å². The number of anilines is 2. The van der Waals surface area contributed by atoms with Crippen molar-refractivity contribution in [2.75, 3.05) is 36.9 Å². The van der Waals surface area contributed by atoms with E-state index < -0.39 is 0 Å². The fourth-order valence-electron chi connectivity index (χ4n) is 3.39. The zero-order valence-corrected chi connectivity index (χ0v) is 17.4. The topological polar surface area (TPSA) is 95.4 Å². The molecule has 0 aliphatic carbocycles. The number of urea groups is 1. The molecule has 31 heavy (non-hydrogen) atoms. The van der Waals surface area contributed by atoms with Crippen LogP contribution in [0.25, 0.3) is 0 Å². The van der Waals surface area contributed by atoms with E-state index in [1.54, 1.807) is 30.4 Å². The van der Waals surface area contributed by atoms with Gasteiger partial charge in [0.15, 0.2) is 0 Å². The smallest absolute Gasteiger partial charge is 0.321 e. The number of nitrogens with zero attached hydrogens (tertiary/aromatic N) is 5. The van der Waals surface area contributed by atoms with Gasteiger partial charge < -0.3 is 20.4 Å². The number of carbonyl (C=O) groups excluding carboxylic acids is 2. The van der Waals surface area contributed by atoms with Gasteiger partial charge in [-0.2, -0.15) is 5.10 Å². The molecule has 0 atom stereocenters. The van der Waals surface area contributed by atoms with Gasteiger partial charge in [0.1, 0.15) is 5.82 Å². The van der Waals surface area contributed by atoms with Gasteiger partial charge in [-0.15, -0.1) is 0 Å². The van der Waals surface area contributed by atoms with Gasteiger partial charge in [0.2, 0.25) is 5.91 Å². The molecule has 1 aliphatic rings. The molecule has 1 aromatic carbocycles. The summed E-state index contributed by atoms with van der Waals surface area (Å²) in [6, 6.07) is 13.5. The van der Waals surface area contributed by atoms with Crippen LogP contribution in [-0.2, 0) is 17.9 Å². The van der Waals surface area contributed by atoms with E-state index in [1.165, 1.54) is 5.56 Å². The first kappa shape index (κ1) is 20.4. The molecular weight excluding hydrogens is 394 g/mol. The summed E-state index contributed by atoms with van der Waals surface area (Å²) < 4.78 is 1.86. The maximum absolute atomic E-state index is 12.5. The lowest BCUT2D eigenvalue weighted by Crippen LogP contribution is -2.48. The summed E-state index contributed by atoms with van der Waals surface area (Å²) in [5.41, 5.74) is 2.72. The van der Waals surface area contributed by atoms with Crippen LogP contribution in [-0.4, -0.2) is 58.3 Å². The van der Waals surface area contributed by atoms with E-state index in [0.29, 0.717) is 44.2 Å². The van der Waals surface area contributed by atoms with Gasteiger partial charge in [-0.3, -0.25) is 9.48 Å². The molecule has 0 spiro atoms. The van der Waals surface area contributed by atoms with Crippen molar-refractivity contribution in [3.05, 3.63) is 72.2 Å². The molecule has 9 nitrogen and oxygen atoms in total. The van der Waals surface area contributed by atoms with Crippen LogP contribution < -0.4 is 15.5 Å². The van der Waals surface area contributed by atoms with Gasteiger partial charge >= 0.3 is 6.03 Å². The number of benzene rings is 1. The van der Waals surface area contributed by atoms with Crippen LogP contribution in [0.2, 0.25) is 0 Å². The molecule has 1 aliphatic heterocycles. The van der Waals surface area contributed by atoms with Crippen molar-refractivity contribution in [1.29, 1.82) is 0 Å². The summed E-state index contributed by atoms with van der Waals surface area (Å²) in [6.07, 6.45) is 5.32. The molecular formula is C22H25N7O2. The van der Waals surface area contributed by atoms with Crippen LogP contribution in [0.4, 0.5) is 16.3 Å². The van der Waals surface area contributed by atoms with Crippen LogP contribution in [0.1, 0.15) is 11.1 Å². The Kier molecular flexibility index (Phi) is 6.11. The minimum Gasteiger partial charge on any atom is -0.353 e. The zero-order chi connectivity index (χ0) is 21.6. The Morgan fingerprint density at radius 1 is 1.16 bits per heavy atom. The number of rotatable bonds is 6. The number of piperazine rings is 1. The molecule has 9 heteroatoms. The Morgan fingerprint density at radius 2 is 2.00 bits per heavy atom. The number of amides is 3. The average molecular weight is 419 g/mol. The van der Waals surface area contributed by atoms with E-state index in [2.05, 4.69) is 32.8 Å². The van der Waals surface area contributed by atoms with E-state index in [0.717, 1.165) is 5.56 Å². The Morgan fingerprint density at radius 3 is 2.74 bits per heavy atom. The van der Waals surface area contributed by atoms with Crippen LogP contribution in [0.5, 0.6) is 0 Å². The van der Waals surface area contributed by atoms with Crippen LogP contribution >= 0.6 is 0 Å². The van der Waals surface area contributed by atoms with E-state index in [1.807, 2.05) is 40.0 Å². The van der Waals surface area contributed by atoms with Crippen LogP contribution in [0, 0.1) is 0 Å². The fraction of sp³-hybridized carbons (Fsp3) is 0.273.